The van der Waals surface area contributed by atoms with Gasteiger partial charge in [-0.3, -0.25) is 4.79 Å². The number of anilines is 2. The van der Waals surface area contributed by atoms with E-state index in [-0.39, 0.29) is 12.4 Å². The van der Waals surface area contributed by atoms with Gasteiger partial charge >= 0.3 is 0 Å². The van der Waals surface area contributed by atoms with E-state index < -0.39 is 5.91 Å². The smallest absolute Gasteiger partial charge is 0.255 e. The van der Waals surface area contributed by atoms with Gasteiger partial charge < -0.3 is 21.5 Å². The molecular weight excluding hydrogens is 264 g/mol. The van der Waals surface area contributed by atoms with Gasteiger partial charge in [0.15, 0.2) is 5.82 Å². The van der Waals surface area contributed by atoms with Crippen molar-refractivity contribution in [2.24, 2.45) is 5.73 Å². The number of rotatable bonds is 5. The molecule has 106 valence electrons. The number of nitrogen functional groups attached to an aromatic ring is 1. The number of primary amides is 1. The number of hydrogen-bond donors (Lipinski definition) is 3. The van der Waals surface area contributed by atoms with E-state index in [0.717, 1.165) is 12.8 Å². The third-order valence-electron chi connectivity index (χ3n) is 3.56. The van der Waals surface area contributed by atoms with E-state index in [9.17, 15) is 9.90 Å². The monoisotopic (exact) mass is 284 g/mol. The third-order valence-corrected chi connectivity index (χ3v) is 4.46. The van der Waals surface area contributed by atoms with Crippen molar-refractivity contribution in [2.75, 3.05) is 23.8 Å². The van der Waals surface area contributed by atoms with Gasteiger partial charge in [-0.05, 0) is 24.4 Å². The van der Waals surface area contributed by atoms with E-state index in [4.69, 9.17) is 11.5 Å². The number of carbonyl (C=O) groups excluding carboxylic acids is 1. The van der Waals surface area contributed by atoms with Gasteiger partial charge in [0, 0.05) is 12.6 Å². The summed E-state index contributed by atoms with van der Waals surface area (Å²) < 4.78 is 4.03. The summed E-state index contributed by atoms with van der Waals surface area (Å²) in [7, 11) is 0. The van der Waals surface area contributed by atoms with Crippen LogP contribution >= 0.6 is 11.5 Å². The highest BCUT2D eigenvalue weighted by molar-refractivity contribution is 7.11. The Labute approximate surface area is 116 Å². The van der Waals surface area contributed by atoms with E-state index in [0.29, 0.717) is 23.2 Å². The number of carbonyl (C=O) groups is 1. The normalized spacial score (nSPS) is 16.5. The van der Waals surface area contributed by atoms with Gasteiger partial charge in [-0.15, -0.1) is 0 Å². The van der Waals surface area contributed by atoms with Crippen LogP contribution in [0.25, 0.3) is 0 Å². The van der Waals surface area contributed by atoms with Gasteiger partial charge in [0.05, 0.1) is 6.61 Å². The van der Waals surface area contributed by atoms with E-state index in [1.54, 1.807) is 0 Å². The molecule has 1 heterocycles. The van der Waals surface area contributed by atoms with Crippen molar-refractivity contribution in [1.82, 2.24) is 4.37 Å². The van der Waals surface area contributed by atoms with Crippen LogP contribution in [0.3, 0.4) is 0 Å². The van der Waals surface area contributed by atoms with Gasteiger partial charge in [-0.2, -0.15) is 4.37 Å². The predicted octanol–water partition coefficient (Wildman–Crippen LogP) is 0.956. The van der Waals surface area contributed by atoms with Gasteiger partial charge in [0.1, 0.15) is 10.6 Å². The Morgan fingerprint density at radius 1 is 1.42 bits per heavy atom. The van der Waals surface area contributed by atoms with Crippen molar-refractivity contribution in [2.45, 2.75) is 38.1 Å². The Morgan fingerprint density at radius 3 is 2.68 bits per heavy atom. The van der Waals surface area contributed by atoms with Crippen LogP contribution in [0.1, 0.15) is 42.5 Å². The Hall–Kier alpha value is -1.34. The van der Waals surface area contributed by atoms with E-state index in [1.165, 1.54) is 30.8 Å². The van der Waals surface area contributed by atoms with Crippen LogP contribution in [0.15, 0.2) is 0 Å². The second kappa shape index (κ2) is 6.21. The summed E-state index contributed by atoms with van der Waals surface area (Å²) in [5, 5.41) is 9.96. The molecule has 0 unspecified atom stereocenters. The van der Waals surface area contributed by atoms with Crippen LogP contribution < -0.4 is 16.4 Å². The number of aliphatic hydroxyl groups excluding tert-OH is 1. The zero-order valence-electron chi connectivity index (χ0n) is 10.8. The Morgan fingerprint density at radius 2 is 2.11 bits per heavy atom. The number of aliphatic hydroxyl groups is 1. The summed E-state index contributed by atoms with van der Waals surface area (Å²) in [4.78, 5) is 13.6. The molecule has 5 N–H and O–H groups in total. The summed E-state index contributed by atoms with van der Waals surface area (Å²) >= 11 is 1.19. The van der Waals surface area contributed by atoms with Gasteiger partial charge in [-0.25, -0.2) is 0 Å². The molecule has 1 amide bonds. The molecule has 2 rings (SSSR count). The fraction of sp³-hybridized carbons (Fsp3) is 0.667. The van der Waals surface area contributed by atoms with Crippen molar-refractivity contribution in [3.8, 4) is 0 Å². The average molecular weight is 284 g/mol. The van der Waals surface area contributed by atoms with Crippen molar-refractivity contribution >= 4 is 28.3 Å². The molecule has 6 nitrogen and oxygen atoms in total. The second-order valence-electron chi connectivity index (χ2n) is 4.82. The summed E-state index contributed by atoms with van der Waals surface area (Å²) in [6.45, 7) is 0.513. The lowest BCUT2D eigenvalue weighted by atomic mass is 9.94. The third kappa shape index (κ3) is 2.98. The van der Waals surface area contributed by atoms with Gasteiger partial charge in [0.25, 0.3) is 5.91 Å². The van der Waals surface area contributed by atoms with Gasteiger partial charge in [0.2, 0.25) is 0 Å². The molecule has 1 saturated carbocycles. The Balaban J connectivity index is 2.30. The summed E-state index contributed by atoms with van der Waals surface area (Å²) in [5.74, 6) is -0.369. The maximum atomic E-state index is 11.5. The first-order chi connectivity index (χ1) is 9.15. The van der Waals surface area contributed by atoms with Crippen molar-refractivity contribution in [3.63, 3.8) is 0 Å². The van der Waals surface area contributed by atoms with Crippen LogP contribution in [0, 0.1) is 0 Å². The number of hydrogen-bond acceptors (Lipinski definition) is 6. The maximum Gasteiger partial charge on any atom is 0.255 e. The topological polar surface area (TPSA) is 105 Å². The minimum Gasteiger partial charge on any atom is -0.395 e. The lowest BCUT2D eigenvalue weighted by molar-refractivity contribution is 0.100. The zero-order chi connectivity index (χ0) is 13.8. The Kier molecular flexibility index (Phi) is 4.60. The fourth-order valence-electron chi connectivity index (χ4n) is 2.67. The minimum atomic E-state index is -0.556. The maximum absolute atomic E-state index is 11.5. The number of nitrogens with zero attached hydrogens (tertiary/aromatic N) is 2. The molecule has 0 radical (unpaired) electrons. The first-order valence-corrected chi connectivity index (χ1v) is 7.35. The van der Waals surface area contributed by atoms with Crippen LogP contribution in [-0.4, -0.2) is 34.6 Å². The van der Waals surface area contributed by atoms with Crippen LogP contribution in [0.2, 0.25) is 0 Å². The molecule has 0 spiro atoms. The molecule has 0 aromatic carbocycles. The average Bonchev–Trinajstić information content (AvgIpc) is 2.79. The first kappa shape index (κ1) is 14.1. The SMILES string of the molecule is NC(=O)c1c(N)nsc1N(CCO)C1CCCCC1. The van der Waals surface area contributed by atoms with Crippen molar-refractivity contribution in [3.05, 3.63) is 5.56 Å². The largest absolute Gasteiger partial charge is 0.395 e. The molecule has 1 aromatic rings. The quantitative estimate of drug-likeness (QED) is 0.746. The zero-order valence-corrected chi connectivity index (χ0v) is 11.7. The lowest BCUT2D eigenvalue weighted by Crippen LogP contribution is -2.39. The van der Waals surface area contributed by atoms with E-state index in [1.807, 2.05) is 4.90 Å². The highest BCUT2D eigenvalue weighted by atomic mass is 32.1. The lowest BCUT2D eigenvalue weighted by Gasteiger charge is -2.34. The van der Waals surface area contributed by atoms with E-state index >= 15 is 0 Å². The molecule has 1 aliphatic rings. The number of aromatic nitrogens is 1. The van der Waals surface area contributed by atoms with Crippen LogP contribution in [-0.2, 0) is 0 Å². The molecular formula is C12H20N4O2S. The van der Waals surface area contributed by atoms with Crippen LogP contribution in [0.5, 0.6) is 0 Å². The molecule has 0 saturated heterocycles. The van der Waals surface area contributed by atoms with Gasteiger partial charge in [-0.1, -0.05) is 19.3 Å². The Bertz CT molecular complexity index is 443. The molecule has 1 aromatic heterocycles. The molecule has 1 fully saturated rings. The summed E-state index contributed by atoms with van der Waals surface area (Å²) in [6.07, 6.45) is 5.72. The molecule has 0 aliphatic heterocycles. The number of nitrogens with two attached hydrogens (primary N) is 2. The van der Waals surface area contributed by atoms with Crippen molar-refractivity contribution < 1.29 is 9.90 Å². The summed E-state index contributed by atoms with van der Waals surface area (Å²) in [6, 6.07) is 0.332. The fourth-order valence-corrected chi connectivity index (χ4v) is 3.59. The number of amides is 1. The van der Waals surface area contributed by atoms with E-state index in [2.05, 4.69) is 4.37 Å². The van der Waals surface area contributed by atoms with Crippen molar-refractivity contribution in [1.29, 1.82) is 0 Å². The first-order valence-electron chi connectivity index (χ1n) is 6.57. The molecule has 0 atom stereocenters. The predicted molar refractivity (Wildman–Crippen MR) is 76.3 cm³/mol. The second-order valence-corrected chi connectivity index (χ2v) is 5.57. The van der Waals surface area contributed by atoms with Crippen LogP contribution in [0.4, 0.5) is 10.8 Å². The summed E-state index contributed by atoms with van der Waals surface area (Å²) in [5.41, 5.74) is 11.4. The molecule has 1 aliphatic carbocycles. The highest BCUT2D eigenvalue weighted by Gasteiger charge is 2.27. The molecule has 19 heavy (non-hydrogen) atoms. The molecule has 7 heteroatoms. The standard InChI is InChI=1S/C12H20N4O2S/c13-10-9(11(14)18)12(19-15-10)16(6-7-17)8-4-2-1-3-5-8/h8,17H,1-7H2,(H2,13,15)(H2,14,18). The minimum absolute atomic E-state index is 0.0342. The molecule has 0 bridgehead atoms. The highest BCUT2D eigenvalue weighted by Crippen LogP contribution is 2.34.